The van der Waals surface area contributed by atoms with Crippen LogP contribution in [0.25, 0.3) is 0 Å². The second-order valence-corrected chi connectivity index (χ2v) is 12.9. The molecule has 5 nitrogen and oxygen atoms in total. The van der Waals surface area contributed by atoms with Crippen molar-refractivity contribution in [2.75, 3.05) is 26.2 Å². The number of hydrogen-bond acceptors (Lipinski definition) is 5. The predicted molar refractivity (Wildman–Crippen MR) is 131 cm³/mol. The summed E-state index contributed by atoms with van der Waals surface area (Å²) < 4.78 is 13.7. The van der Waals surface area contributed by atoms with Crippen molar-refractivity contribution in [3.63, 3.8) is 0 Å². The molecule has 1 aromatic carbocycles. The van der Waals surface area contributed by atoms with E-state index in [0.29, 0.717) is 24.7 Å². The zero-order valence-corrected chi connectivity index (χ0v) is 20.7. The van der Waals surface area contributed by atoms with Crippen LogP contribution in [-0.4, -0.2) is 68.6 Å². The van der Waals surface area contributed by atoms with Gasteiger partial charge in [0, 0.05) is 37.1 Å². The Morgan fingerprint density at radius 2 is 1.75 bits per heavy atom. The van der Waals surface area contributed by atoms with Gasteiger partial charge >= 0.3 is 0 Å². The van der Waals surface area contributed by atoms with E-state index >= 15 is 0 Å². The van der Waals surface area contributed by atoms with Gasteiger partial charge in [0.05, 0.1) is 15.7 Å². The molecule has 1 aromatic heterocycles. The van der Waals surface area contributed by atoms with Crippen LogP contribution in [0.15, 0.2) is 52.7 Å². The van der Waals surface area contributed by atoms with E-state index < -0.39 is 16.0 Å². The SMILES string of the molecule is O=C1PC2CCCCC2C(N2CCN(C(=O)c3cccs3)CC2)C1S(=O)c1ccccc1. The molecule has 0 bridgehead atoms. The maximum atomic E-state index is 13.7. The minimum atomic E-state index is -1.35. The topological polar surface area (TPSA) is 57.7 Å². The second-order valence-electron chi connectivity index (χ2n) is 8.89. The molecular weight excluding hydrogens is 459 g/mol. The van der Waals surface area contributed by atoms with Gasteiger partial charge in [-0.05, 0) is 56.6 Å². The van der Waals surface area contributed by atoms with E-state index in [1.54, 1.807) is 0 Å². The standard InChI is InChI=1S/C24H29N2O3PS2/c27-23(20-11-6-16-31-20)26-14-12-25(13-15-26)21-18-9-4-5-10-19(18)30-24(28)22(21)32(29)17-7-2-1-3-8-17/h1-3,6-8,11,16,18-19,21-22,30H,4-5,9-10,12-15H2. The highest BCUT2D eigenvalue weighted by atomic mass is 32.2. The van der Waals surface area contributed by atoms with Gasteiger partial charge < -0.3 is 4.90 Å². The summed E-state index contributed by atoms with van der Waals surface area (Å²) in [4.78, 5) is 32.0. The first-order valence-corrected chi connectivity index (χ1v) is 14.6. The van der Waals surface area contributed by atoms with Crippen LogP contribution in [0.5, 0.6) is 0 Å². The van der Waals surface area contributed by atoms with Gasteiger partial charge in [-0.3, -0.25) is 18.7 Å². The Bertz CT molecular complexity index is 976. The first-order valence-electron chi connectivity index (χ1n) is 11.5. The lowest BCUT2D eigenvalue weighted by Gasteiger charge is -2.50. The molecule has 170 valence electrons. The molecule has 1 aliphatic carbocycles. The lowest BCUT2D eigenvalue weighted by molar-refractivity contribution is -0.113. The molecule has 0 radical (unpaired) electrons. The number of carbonyl (C=O) groups is 2. The summed E-state index contributed by atoms with van der Waals surface area (Å²) in [7, 11) is -1.07. The summed E-state index contributed by atoms with van der Waals surface area (Å²) in [5, 5.41) is 1.47. The fourth-order valence-electron chi connectivity index (χ4n) is 5.56. The fourth-order valence-corrected chi connectivity index (χ4v) is 9.94. The highest BCUT2D eigenvalue weighted by Crippen LogP contribution is 2.48. The quantitative estimate of drug-likeness (QED) is 0.614. The van der Waals surface area contributed by atoms with Crippen LogP contribution in [-0.2, 0) is 15.6 Å². The molecule has 1 amide bonds. The lowest BCUT2D eigenvalue weighted by Crippen LogP contribution is -2.62. The average Bonchev–Trinajstić information content (AvgIpc) is 3.38. The van der Waals surface area contributed by atoms with Crippen LogP contribution in [0.2, 0.25) is 0 Å². The molecule has 6 atom stereocenters. The smallest absolute Gasteiger partial charge is 0.264 e. The Balaban J connectivity index is 1.38. The molecule has 5 rings (SSSR count). The van der Waals surface area contributed by atoms with Crippen LogP contribution in [0.1, 0.15) is 35.4 Å². The van der Waals surface area contributed by atoms with Gasteiger partial charge in [0.1, 0.15) is 5.25 Å². The minimum absolute atomic E-state index is 0.00841. The maximum Gasteiger partial charge on any atom is 0.264 e. The molecule has 2 aromatic rings. The molecule has 32 heavy (non-hydrogen) atoms. The van der Waals surface area contributed by atoms with Crippen LogP contribution >= 0.6 is 19.9 Å². The van der Waals surface area contributed by atoms with Gasteiger partial charge in [-0.15, -0.1) is 11.3 Å². The number of nitrogens with zero attached hydrogens (tertiary/aromatic N) is 2. The van der Waals surface area contributed by atoms with Gasteiger partial charge in [0.2, 0.25) is 0 Å². The Morgan fingerprint density at radius 1 is 1.00 bits per heavy atom. The largest absolute Gasteiger partial charge is 0.335 e. The number of fused-ring (bicyclic) bond motifs is 1. The third kappa shape index (κ3) is 4.37. The molecule has 3 aliphatic rings. The first-order chi connectivity index (χ1) is 15.6. The van der Waals surface area contributed by atoms with Crippen molar-refractivity contribution in [2.45, 2.75) is 47.5 Å². The number of hydrogen-bond donors (Lipinski definition) is 0. The first kappa shape index (κ1) is 22.4. The van der Waals surface area contributed by atoms with E-state index in [9.17, 15) is 13.8 Å². The van der Waals surface area contributed by atoms with E-state index in [0.717, 1.165) is 35.7 Å². The normalized spacial score (nSPS) is 30.8. The molecule has 2 saturated heterocycles. The van der Waals surface area contributed by atoms with Crippen molar-refractivity contribution >= 4 is 42.1 Å². The summed E-state index contributed by atoms with van der Waals surface area (Å²) in [5.74, 6) is 0.526. The Hall–Kier alpha value is -1.40. The van der Waals surface area contributed by atoms with Crippen molar-refractivity contribution in [2.24, 2.45) is 5.92 Å². The van der Waals surface area contributed by atoms with E-state index in [4.69, 9.17) is 0 Å². The van der Waals surface area contributed by atoms with Crippen molar-refractivity contribution in [3.8, 4) is 0 Å². The molecular formula is C24H29N2O3PS2. The van der Waals surface area contributed by atoms with Gasteiger partial charge in [-0.1, -0.05) is 37.1 Å². The fraction of sp³-hybridized carbons (Fsp3) is 0.500. The van der Waals surface area contributed by atoms with Crippen molar-refractivity contribution in [1.82, 2.24) is 9.80 Å². The Labute approximate surface area is 197 Å². The molecule has 3 heterocycles. The third-order valence-corrected chi connectivity index (χ3v) is 11.6. The van der Waals surface area contributed by atoms with Crippen LogP contribution in [0.3, 0.4) is 0 Å². The molecule has 6 unspecified atom stereocenters. The number of piperazine rings is 1. The Morgan fingerprint density at radius 3 is 2.47 bits per heavy atom. The van der Waals surface area contributed by atoms with Crippen molar-refractivity contribution in [1.29, 1.82) is 0 Å². The molecule has 2 aliphatic heterocycles. The van der Waals surface area contributed by atoms with E-state index in [1.165, 1.54) is 24.2 Å². The van der Waals surface area contributed by atoms with Gasteiger partial charge in [-0.25, -0.2) is 0 Å². The molecule has 3 fully saturated rings. The van der Waals surface area contributed by atoms with E-state index in [-0.39, 0.29) is 26.1 Å². The second kappa shape index (κ2) is 9.84. The number of carbonyl (C=O) groups excluding carboxylic acids is 2. The van der Waals surface area contributed by atoms with Crippen LogP contribution in [0.4, 0.5) is 0 Å². The summed E-state index contributed by atoms with van der Waals surface area (Å²) in [6, 6.07) is 13.3. The highest BCUT2D eigenvalue weighted by molar-refractivity contribution is 7.88. The predicted octanol–water partition coefficient (Wildman–Crippen LogP) is 3.83. The van der Waals surface area contributed by atoms with Gasteiger partial charge in [0.25, 0.3) is 5.91 Å². The summed E-state index contributed by atoms with van der Waals surface area (Å²) in [5.41, 5.74) is 0.633. The van der Waals surface area contributed by atoms with Crippen LogP contribution < -0.4 is 0 Å². The number of amides is 1. The molecule has 1 saturated carbocycles. The average molecular weight is 489 g/mol. The molecule has 8 heteroatoms. The zero-order chi connectivity index (χ0) is 22.1. The zero-order valence-electron chi connectivity index (χ0n) is 18.0. The lowest BCUT2D eigenvalue weighted by atomic mass is 9.80. The number of thiophene rings is 1. The summed E-state index contributed by atoms with van der Waals surface area (Å²) in [6.45, 7) is 2.80. The minimum Gasteiger partial charge on any atom is -0.335 e. The van der Waals surface area contributed by atoms with Crippen LogP contribution in [0, 0.1) is 5.92 Å². The van der Waals surface area contributed by atoms with E-state index in [1.807, 2.05) is 52.7 Å². The maximum absolute atomic E-state index is 13.7. The van der Waals surface area contributed by atoms with E-state index in [2.05, 4.69) is 4.90 Å². The molecule has 0 spiro atoms. The van der Waals surface area contributed by atoms with Gasteiger partial charge in [0.15, 0.2) is 5.52 Å². The highest BCUT2D eigenvalue weighted by Gasteiger charge is 2.50. The summed E-state index contributed by atoms with van der Waals surface area (Å²) >= 11 is 1.48. The number of rotatable bonds is 4. The Kier molecular flexibility index (Phi) is 6.89. The summed E-state index contributed by atoms with van der Waals surface area (Å²) in [6.07, 6.45) is 4.63. The third-order valence-electron chi connectivity index (χ3n) is 7.12. The monoisotopic (exact) mass is 488 g/mol. The van der Waals surface area contributed by atoms with Crippen molar-refractivity contribution in [3.05, 3.63) is 52.7 Å². The number of benzene rings is 1. The molecule has 0 N–H and O–H groups in total. The van der Waals surface area contributed by atoms with Crippen molar-refractivity contribution < 1.29 is 13.8 Å². The van der Waals surface area contributed by atoms with Gasteiger partial charge in [-0.2, -0.15) is 0 Å².